The molecule has 4 aromatic heterocycles. The Morgan fingerprint density at radius 1 is 1.24 bits per heavy atom. The summed E-state index contributed by atoms with van der Waals surface area (Å²) < 4.78 is 5.30. The zero-order chi connectivity index (χ0) is 17.4. The number of nitrogens with one attached hydrogen (secondary N) is 1. The van der Waals surface area contributed by atoms with E-state index in [0.29, 0.717) is 18.8 Å². The summed E-state index contributed by atoms with van der Waals surface area (Å²) in [5.41, 5.74) is 1.80. The lowest BCUT2D eigenvalue weighted by molar-refractivity contribution is 0.554. The minimum atomic E-state index is 0.610. The van der Waals surface area contributed by atoms with E-state index in [9.17, 15) is 0 Å². The molecule has 0 bridgehead atoms. The summed E-state index contributed by atoms with van der Waals surface area (Å²) in [6, 6.07) is 1.90. The Morgan fingerprint density at radius 3 is 2.76 bits per heavy atom. The molecule has 0 aliphatic carbocycles. The van der Waals surface area contributed by atoms with Crippen LogP contribution in [0, 0.1) is 13.8 Å². The van der Waals surface area contributed by atoms with Crippen molar-refractivity contribution in [1.29, 1.82) is 0 Å². The van der Waals surface area contributed by atoms with Crippen LogP contribution < -0.4 is 0 Å². The molecule has 11 nitrogen and oxygen atoms in total. The average Bonchev–Trinajstić information content (AvgIpc) is 3.34. The molecule has 4 heterocycles. The first-order valence-corrected chi connectivity index (χ1v) is 7.81. The molecule has 0 saturated carbocycles. The minimum Gasteiger partial charge on any atom is -0.282 e. The maximum atomic E-state index is 4.71. The summed E-state index contributed by atoms with van der Waals surface area (Å²) in [6.45, 7) is 4.42. The van der Waals surface area contributed by atoms with E-state index in [1.807, 2.05) is 27.0 Å². The number of hydrogen-bond donors (Lipinski definition) is 1. The molecule has 0 atom stereocenters. The molecule has 4 rings (SSSR count). The van der Waals surface area contributed by atoms with Crippen molar-refractivity contribution in [3.05, 3.63) is 35.8 Å². The average molecular weight is 339 g/mol. The number of H-pyrrole nitrogens is 1. The highest BCUT2D eigenvalue weighted by Crippen LogP contribution is 2.20. The van der Waals surface area contributed by atoms with Gasteiger partial charge in [0.2, 0.25) is 0 Å². The first-order valence-electron chi connectivity index (χ1n) is 7.81. The molecule has 0 aliphatic rings. The van der Waals surface area contributed by atoms with Crippen LogP contribution in [0.2, 0.25) is 0 Å². The topological polar surface area (TPSA) is 121 Å². The molecule has 4 aromatic rings. The van der Waals surface area contributed by atoms with Gasteiger partial charge in [-0.25, -0.2) is 9.67 Å². The van der Waals surface area contributed by atoms with Gasteiger partial charge in [0.05, 0.1) is 24.5 Å². The molecule has 0 fully saturated rings. The third-order valence-corrected chi connectivity index (χ3v) is 4.02. The van der Waals surface area contributed by atoms with E-state index in [1.165, 1.54) is 0 Å². The van der Waals surface area contributed by atoms with Crippen LogP contribution in [0.5, 0.6) is 0 Å². The highest BCUT2D eigenvalue weighted by Gasteiger charge is 2.17. The van der Waals surface area contributed by atoms with E-state index in [-0.39, 0.29) is 0 Å². The van der Waals surface area contributed by atoms with Crippen LogP contribution >= 0.6 is 0 Å². The van der Waals surface area contributed by atoms with Crippen molar-refractivity contribution in [2.24, 2.45) is 7.05 Å². The van der Waals surface area contributed by atoms with Crippen LogP contribution in [-0.2, 0) is 20.0 Å². The summed E-state index contributed by atoms with van der Waals surface area (Å²) in [4.78, 5) is 4.71. The molecule has 128 valence electrons. The summed E-state index contributed by atoms with van der Waals surface area (Å²) in [5, 5.41) is 27.4. The third-order valence-electron chi connectivity index (χ3n) is 4.02. The van der Waals surface area contributed by atoms with Crippen LogP contribution in [0.15, 0.2) is 18.5 Å². The number of aromatic nitrogens is 11. The van der Waals surface area contributed by atoms with Crippen molar-refractivity contribution >= 4 is 0 Å². The van der Waals surface area contributed by atoms with Gasteiger partial charge < -0.3 is 0 Å². The number of aryl methyl sites for hydroxylation is 5. The first-order chi connectivity index (χ1) is 12.1. The fourth-order valence-corrected chi connectivity index (χ4v) is 2.62. The molecule has 0 amide bonds. The highest BCUT2D eigenvalue weighted by molar-refractivity contribution is 5.56. The summed E-state index contributed by atoms with van der Waals surface area (Å²) in [5.74, 6) is 3.02. The zero-order valence-electron chi connectivity index (χ0n) is 14.1. The number of nitrogens with zero attached hydrogens (tertiary/aromatic N) is 10. The van der Waals surface area contributed by atoms with Crippen LogP contribution in [0.1, 0.15) is 17.3 Å². The summed E-state index contributed by atoms with van der Waals surface area (Å²) in [7, 11) is 1.87. The predicted molar refractivity (Wildman–Crippen MR) is 86.7 cm³/mol. The third kappa shape index (κ3) is 2.69. The number of hydrogen-bond acceptors (Lipinski definition) is 7. The van der Waals surface area contributed by atoms with Crippen molar-refractivity contribution in [3.8, 4) is 17.2 Å². The van der Waals surface area contributed by atoms with Gasteiger partial charge >= 0.3 is 0 Å². The van der Waals surface area contributed by atoms with Gasteiger partial charge in [-0.2, -0.15) is 14.9 Å². The largest absolute Gasteiger partial charge is 0.282 e. The van der Waals surface area contributed by atoms with Gasteiger partial charge in [0.25, 0.3) is 0 Å². The lowest BCUT2D eigenvalue weighted by Crippen LogP contribution is -2.12. The fourth-order valence-electron chi connectivity index (χ4n) is 2.62. The molecule has 0 saturated heterocycles. The van der Waals surface area contributed by atoms with E-state index in [4.69, 9.17) is 4.98 Å². The van der Waals surface area contributed by atoms with Crippen LogP contribution in [0.25, 0.3) is 17.2 Å². The van der Waals surface area contributed by atoms with Gasteiger partial charge in [0.1, 0.15) is 11.6 Å². The second kappa shape index (κ2) is 5.92. The van der Waals surface area contributed by atoms with E-state index in [0.717, 1.165) is 28.7 Å². The van der Waals surface area contributed by atoms with E-state index >= 15 is 0 Å². The molecule has 0 spiro atoms. The van der Waals surface area contributed by atoms with E-state index < -0.39 is 0 Å². The second-order valence-corrected chi connectivity index (χ2v) is 5.68. The van der Waals surface area contributed by atoms with Crippen LogP contribution in [0.4, 0.5) is 0 Å². The Balaban J connectivity index is 1.73. The number of rotatable bonds is 5. The van der Waals surface area contributed by atoms with Crippen molar-refractivity contribution < 1.29 is 0 Å². The normalized spacial score (nSPS) is 11.3. The quantitative estimate of drug-likeness (QED) is 0.552. The molecule has 25 heavy (non-hydrogen) atoms. The van der Waals surface area contributed by atoms with Gasteiger partial charge in [-0.3, -0.25) is 9.78 Å². The van der Waals surface area contributed by atoms with Crippen LogP contribution in [-0.4, -0.2) is 54.9 Å². The predicted octanol–water partition coefficient (Wildman–Crippen LogP) is 0.237. The second-order valence-electron chi connectivity index (χ2n) is 5.68. The van der Waals surface area contributed by atoms with Crippen molar-refractivity contribution in [2.75, 3.05) is 0 Å². The minimum absolute atomic E-state index is 0.610. The lowest BCUT2D eigenvalue weighted by Gasteiger charge is -2.06. The Labute approximate surface area is 142 Å². The summed E-state index contributed by atoms with van der Waals surface area (Å²) >= 11 is 0. The Bertz CT molecular complexity index is 1000. The van der Waals surface area contributed by atoms with Crippen molar-refractivity contribution in [2.45, 2.75) is 26.8 Å². The molecular formula is C14H17N11. The van der Waals surface area contributed by atoms with Crippen molar-refractivity contribution in [3.63, 3.8) is 0 Å². The van der Waals surface area contributed by atoms with E-state index in [2.05, 4.69) is 35.9 Å². The molecule has 11 heteroatoms. The van der Waals surface area contributed by atoms with Gasteiger partial charge in [0.15, 0.2) is 11.6 Å². The SMILES string of the molecule is Cc1[nH]ncc1-c1nc(CCn2nnnc2C)n(-c2ccnn2C)n1. The monoisotopic (exact) mass is 339 g/mol. The molecule has 0 unspecified atom stereocenters. The van der Waals surface area contributed by atoms with Gasteiger partial charge in [-0.05, 0) is 24.3 Å². The molecule has 1 N–H and O–H groups in total. The van der Waals surface area contributed by atoms with E-state index in [1.54, 1.807) is 26.4 Å². The maximum absolute atomic E-state index is 4.71. The molecule has 0 radical (unpaired) electrons. The van der Waals surface area contributed by atoms with Crippen LogP contribution in [0.3, 0.4) is 0 Å². The highest BCUT2D eigenvalue weighted by atomic mass is 15.5. The fraction of sp³-hybridized carbons (Fsp3) is 0.357. The van der Waals surface area contributed by atoms with Gasteiger partial charge in [-0.1, -0.05) is 0 Å². The number of tetrazole rings is 1. The Morgan fingerprint density at radius 2 is 2.12 bits per heavy atom. The molecule has 0 aromatic carbocycles. The first kappa shape index (κ1) is 15.2. The zero-order valence-corrected chi connectivity index (χ0v) is 14.1. The number of aromatic amines is 1. The molecular weight excluding hydrogens is 322 g/mol. The smallest absolute Gasteiger partial charge is 0.185 e. The van der Waals surface area contributed by atoms with Gasteiger partial charge in [-0.15, -0.1) is 10.2 Å². The Hall–Kier alpha value is -3.37. The lowest BCUT2D eigenvalue weighted by atomic mass is 10.2. The van der Waals surface area contributed by atoms with Gasteiger partial charge in [0, 0.05) is 25.2 Å². The van der Waals surface area contributed by atoms with Crippen molar-refractivity contribution in [1.82, 2.24) is 54.9 Å². The molecule has 0 aliphatic heterocycles. The summed E-state index contributed by atoms with van der Waals surface area (Å²) in [6.07, 6.45) is 4.09. The maximum Gasteiger partial charge on any atom is 0.185 e. The Kier molecular flexibility index (Phi) is 3.60. The standard InChI is InChI=1S/C14H17N11/c1-9-11(8-15-18-9)14-17-12(5-7-24-10(2)19-21-22-24)25(20-14)13-4-6-16-23(13)3/h4,6,8H,5,7H2,1-3H3,(H,15,18).